The van der Waals surface area contributed by atoms with E-state index in [4.69, 9.17) is 5.73 Å². The highest BCUT2D eigenvalue weighted by atomic mass is 32.1. The van der Waals surface area contributed by atoms with Gasteiger partial charge in [-0.05, 0) is 31.5 Å². The molecule has 1 aromatic carbocycles. The predicted octanol–water partition coefficient (Wildman–Crippen LogP) is 2.44. The van der Waals surface area contributed by atoms with Crippen LogP contribution in [0.25, 0.3) is 0 Å². The Kier molecular flexibility index (Phi) is 4.87. The van der Waals surface area contributed by atoms with Crippen molar-refractivity contribution < 1.29 is 4.79 Å². The van der Waals surface area contributed by atoms with Gasteiger partial charge in [0, 0.05) is 11.8 Å². The normalized spacial score (nSPS) is 12.2. The number of benzene rings is 1. The maximum absolute atomic E-state index is 12.2. The van der Waals surface area contributed by atoms with Gasteiger partial charge in [-0.2, -0.15) is 0 Å². The number of nitrogens with zero attached hydrogens (tertiary/aromatic N) is 1. The van der Waals surface area contributed by atoms with Gasteiger partial charge in [0.05, 0.1) is 11.0 Å². The van der Waals surface area contributed by atoms with Gasteiger partial charge < -0.3 is 11.1 Å². The molecule has 0 spiro atoms. The number of nitrogens with two attached hydrogens (primary N) is 1. The summed E-state index contributed by atoms with van der Waals surface area (Å²) in [5.41, 5.74) is 8.25. The first-order valence-corrected chi connectivity index (χ1v) is 7.50. The highest BCUT2D eigenvalue weighted by Crippen LogP contribution is 2.18. The Morgan fingerprint density at radius 2 is 2.20 bits per heavy atom. The average molecular weight is 289 g/mol. The first-order valence-electron chi connectivity index (χ1n) is 6.62. The number of rotatable bonds is 5. The monoisotopic (exact) mass is 289 g/mol. The van der Waals surface area contributed by atoms with Gasteiger partial charge in [0.25, 0.3) is 5.91 Å². The standard InChI is InChI=1S/C15H19N3OS/c1-10-5-3-4-6-12(10)11(2)17-15(19)13-9-20-14(18-13)7-8-16/h3-6,9,11H,7-8,16H2,1-2H3,(H,17,19)/t11-/m0/s1. The van der Waals surface area contributed by atoms with Crippen LogP contribution in [0.15, 0.2) is 29.6 Å². The molecule has 0 bridgehead atoms. The van der Waals surface area contributed by atoms with Gasteiger partial charge in [-0.15, -0.1) is 11.3 Å². The van der Waals surface area contributed by atoms with Crippen molar-refractivity contribution in [3.05, 3.63) is 51.5 Å². The minimum atomic E-state index is -0.139. The molecule has 5 heteroatoms. The van der Waals surface area contributed by atoms with Crippen molar-refractivity contribution in [1.82, 2.24) is 10.3 Å². The van der Waals surface area contributed by atoms with Crippen LogP contribution in [0.4, 0.5) is 0 Å². The maximum atomic E-state index is 12.2. The maximum Gasteiger partial charge on any atom is 0.271 e. The Bertz CT molecular complexity index is 594. The molecule has 0 aliphatic heterocycles. The van der Waals surface area contributed by atoms with Crippen molar-refractivity contribution in [2.45, 2.75) is 26.3 Å². The van der Waals surface area contributed by atoms with E-state index in [0.717, 1.165) is 10.6 Å². The second-order valence-electron chi connectivity index (χ2n) is 4.72. The fourth-order valence-corrected chi connectivity index (χ4v) is 2.87. The summed E-state index contributed by atoms with van der Waals surface area (Å²) in [7, 11) is 0. The summed E-state index contributed by atoms with van der Waals surface area (Å²) in [5, 5.41) is 5.67. The smallest absolute Gasteiger partial charge is 0.271 e. The number of aromatic nitrogens is 1. The van der Waals surface area contributed by atoms with Crippen LogP contribution in [0.2, 0.25) is 0 Å². The zero-order valence-electron chi connectivity index (χ0n) is 11.7. The summed E-state index contributed by atoms with van der Waals surface area (Å²) >= 11 is 1.48. The van der Waals surface area contributed by atoms with Crippen LogP contribution in [0.1, 0.15) is 39.6 Å². The number of amides is 1. The van der Waals surface area contributed by atoms with Crippen molar-refractivity contribution in [2.75, 3.05) is 6.54 Å². The van der Waals surface area contributed by atoms with Crippen molar-refractivity contribution in [1.29, 1.82) is 0 Å². The molecule has 0 saturated heterocycles. The van der Waals surface area contributed by atoms with Crippen molar-refractivity contribution >= 4 is 17.2 Å². The third kappa shape index (κ3) is 3.43. The highest BCUT2D eigenvalue weighted by Gasteiger charge is 2.15. The number of aryl methyl sites for hydroxylation is 1. The molecule has 1 heterocycles. The zero-order valence-corrected chi connectivity index (χ0v) is 12.5. The number of carbonyl (C=O) groups is 1. The van der Waals surface area contributed by atoms with E-state index in [9.17, 15) is 4.79 Å². The molecule has 1 amide bonds. The van der Waals surface area contributed by atoms with Crippen LogP contribution >= 0.6 is 11.3 Å². The molecule has 20 heavy (non-hydrogen) atoms. The SMILES string of the molecule is Cc1ccccc1[C@H](C)NC(=O)c1csc(CCN)n1. The van der Waals surface area contributed by atoms with Gasteiger partial charge in [0.15, 0.2) is 0 Å². The molecular formula is C15H19N3OS. The summed E-state index contributed by atoms with van der Waals surface area (Å²) in [4.78, 5) is 16.5. The number of hydrogen-bond donors (Lipinski definition) is 2. The fourth-order valence-electron chi connectivity index (χ4n) is 2.07. The van der Waals surface area contributed by atoms with Crippen LogP contribution in [0.5, 0.6) is 0 Å². The molecular weight excluding hydrogens is 270 g/mol. The molecule has 4 nitrogen and oxygen atoms in total. The lowest BCUT2D eigenvalue weighted by atomic mass is 10.0. The van der Waals surface area contributed by atoms with Crippen LogP contribution in [0.3, 0.4) is 0 Å². The largest absolute Gasteiger partial charge is 0.344 e. The Morgan fingerprint density at radius 3 is 2.90 bits per heavy atom. The van der Waals surface area contributed by atoms with Gasteiger partial charge in [0.1, 0.15) is 5.69 Å². The number of thiazole rings is 1. The molecule has 0 fully saturated rings. The van der Waals surface area contributed by atoms with Crippen LogP contribution in [-0.2, 0) is 6.42 Å². The van der Waals surface area contributed by atoms with E-state index in [1.165, 1.54) is 16.9 Å². The Morgan fingerprint density at radius 1 is 1.45 bits per heavy atom. The second-order valence-corrected chi connectivity index (χ2v) is 5.66. The van der Waals surface area contributed by atoms with E-state index < -0.39 is 0 Å². The van der Waals surface area contributed by atoms with Gasteiger partial charge in [-0.25, -0.2) is 4.98 Å². The molecule has 0 radical (unpaired) electrons. The van der Waals surface area contributed by atoms with Gasteiger partial charge in [-0.1, -0.05) is 24.3 Å². The van der Waals surface area contributed by atoms with E-state index in [0.29, 0.717) is 18.7 Å². The van der Waals surface area contributed by atoms with E-state index >= 15 is 0 Å². The lowest BCUT2D eigenvalue weighted by Crippen LogP contribution is -2.27. The lowest BCUT2D eigenvalue weighted by molar-refractivity contribution is 0.0935. The van der Waals surface area contributed by atoms with Crippen LogP contribution in [-0.4, -0.2) is 17.4 Å². The Labute approximate surface area is 123 Å². The van der Waals surface area contributed by atoms with Crippen LogP contribution in [0, 0.1) is 6.92 Å². The van der Waals surface area contributed by atoms with Crippen molar-refractivity contribution in [3.8, 4) is 0 Å². The summed E-state index contributed by atoms with van der Waals surface area (Å²) in [5.74, 6) is -0.139. The third-order valence-corrected chi connectivity index (χ3v) is 4.05. The van der Waals surface area contributed by atoms with Gasteiger partial charge in [0.2, 0.25) is 0 Å². The molecule has 0 saturated carbocycles. The number of nitrogens with one attached hydrogen (secondary N) is 1. The molecule has 2 aromatic rings. The first-order chi connectivity index (χ1) is 9.61. The van der Waals surface area contributed by atoms with E-state index in [1.807, 2.05) is 38.1 Å². The van der Waals surface area contributed by atoms with Crippen LogP contribution < -0.4 is 11.1 Å². The van der Waals surface area contributed by atoms with Gasteiger partial charge in [-0.3, -0.25) is 4.79 Å². The molecule has 2 rings (SSSR count). The fraction of sp³-hybridized carbons (Fsp3) is 0.333. The van der Waals surface area contributed by atoms with Crippen molar-refractivity contribution in [2.24, 2.45) is 5.73 Å². The topological polar surface area (TPSA) is 68.0 Å². The third-order valence-electron chi connectivity index (χ3n) is 3.15. The van der Waals surface area contributed by atoms with E-state index in [-0.39, 0.29) is 11.9 Å². The molecule has 106 valence electrons. The molecule has 0 aliphatic carbocycles. The first kappa shape index (κ1) is 14.7. The van der Waals surface area contributed by atoms with Crippen molar-refractivity contribution in [3.63, 3.8) is 0 Å². The quantitative estimate of drug-likeness (QED) is 0.888. The molecule has 3 N–H and O–H groups in total. The predicted molar refractivity (Wildman–Crippen MR) is 81.9 cm³/mol. The minimum absolute atomic E-state index is 0.0386. The van der Waals surface area contributed by atoms with Gasteiger partial charge >= 0.3 is 0 Å². The molecule has 1 aromatic heterocycles. The lowest BCUT2D eigenvalue weighted by Gasteiger charge is -2.15. The summed E-state index contributed by atoms with van der Waals surface area (Å²) in [6.45, 7) is 4.57. The molecule has 0 unspecified atom stereocenters. The Balaban J connectivity index is 2.05. The Hall–Kier alpha value is -1.72. The van der Waals surface area contributed by atoms with E-state index in [2.05, 4.69) is 10.3 Å². The minimum Gasteiger partial charge on any atom is -0.344 e. The average Bonchev–Trinajstić information content (AvgIpc) is 2.88. The number of hydrogen-bond acceptors (Lipinski definition) is 4. The summed E-state index contributed by atoms with van der Waals surface area (Å²) in [6, 6.07) is 8.00. The zero-order chi connectivity index (χ0) is 14.5. The number of carbonyl (C=O) groups excluding carboxylic acids is 1. The summed E-state index contributed by atoms with van der Waals surface area (Å²) in [6.07, 6.45) is 0.714. The summed E-state index contributed by atoms with van der Waals surface area (Å²) < 4.78 is 0. The second kappa shape index (κ2) is 6.63. The molecule has 0 aliphatic rings. The highest BCUT2D eigenvalue weighted by molar-refractivity contribution is 7.09. The van der Waals surface area contributed by atoms with E-state index in [1.54, 1.807) is 5.38 Å². The molecule has 1 atom stereocenters.